The molecule has 0 spiro atoms. The lowest BCUT2D eigenvalue weighted by atomic mass is 9.96. The monoisotopic (exact) mass is 439 g/mol. The molecule has 3 aliphatic rings. The summed E-state index contributed by atoms with van der Waals surface area (Å²) in [5, 5.41) is 7.77. The molecule has 0 radical (unpaired) electrons. The summed E-state index contributed by atoms with van der Waals surface area (Å²) in [6.45, 7) is 7.06. The summed E-state index contributed by atoms with van der Waals surface area (Å²) in [5.74, 6) is 1.84. The van der Waals surface area contributed by atoms with Crippen molar-refractivity contribution in [2.45, 2.75) is 32.6 Å². The average molecular weight is 440 g/mol. The highest BCUT2D eigenvalue weighted by Gasteiger charge is 2.40. The summed E-state index contributed by atoms with van der Waals surface area (Å²) in [5.41, 5.74) is 3.18. The maximum Gasteiger partial charge on any atom is 0.229 e. The predicted octanol–water partition coefficient (Wildman–Crippen LogP) is 0.571. The lowest BCUT2D eigenvalue weighted by Gasteiger charge is -2.44. The molecule has 1 aliphatic carbocycles. The lowest BCUT2D eigenvalue weighted by molar-refractivity contribution is -0.143. The fourth-order valence-electron chi connectivity index (χ4n) is 4.93. The fraction of sp³-hybridized carbons (Fsp3) is 0.652. The predicted molar refractivity (Wildman–Crippen MR) is 122 cm³/mol. The lowest BCUT2D eigenvalue weighted by Crippen LogP contribution is -2.59. The molecule has 0 aromatic carbocycles. The third-order valence-corrected chi connectivity index (χ3v) is 7.01. The second-order valence-electron chi connectivity index (χ2n) is 9.20. The van der Waals surface area contributed by atoms with Crippen LogP contribution >= 0.6 is 0 Å². The van der Waals surface area contributed by atoms with Crippen molar-refractivity contribution in [1.29, 1.82) is 0 Å². The van der Waals surface area contributed by atoms with Gasteiger partial charge in [-0.25, -0.2) is 4.98 Å². The number of anilines is 1. The largest absolute Gasteiger partial charge is 0.354 e. The molecule has 32 heavy (non-hydrogen) atoms. The fourth-order valence-corrected chi connectivity index (χ4v) is 4.93. The van der Waals surface area contributed by atoms with Crippen LogP contribution in [-0.4, -0.2) is 89.1 Å². The molecule has 172 valence electrons. The molecule has 4 heterocycles. The zero-order valence-electron chi connectivity index (χ0n) is 19.1. The van der Waals surface area contributed by atoms with Crippen LogP contribution in [-0.2, 0) is 22.4 Å². The Balaban J connectivity index is 1.26. The topological polar surface area (TPSA) is 86.1 Å². The number of amides is 2. The van der Waals surface area contributed by atoms with Crippen LogP contribution in [0.15, 0.2) is 12.3 Å². The molecule has 1 saturated carbocycles. The van der Waals surface area contributed by atoms with E-state index in [0.717, 1.165) is 49.4 Å². The quantitative estimate of drug-likeness (QED) is 0.679. The van der Waals surface area contributed by atoms with Gasteiger partial charge in [0.25, 0.3) is 0 Å². The Hall–Kier alpha value is -2.68. The van der Waals surface area contributed by atoms with Gasteiger partial charge in [0.15, 0.2) is 5.65 Å². The summed E-state index contributed by atoms with van der Waals surface area (Å²) in [7, 11) is 1.96. The van der Waals surface area contributed by atoms with E-state index in [1.165, 1.54) is 5.56 Å². The molecule has 2 aromatic rings. The van der Waals surface area contributed by atoms with Gasteiger partial charge in [-0.15, -0.1) is 0 Å². The molecule has 5 rings (SSSR count). The maximum absolute atomic E-state index is 13.1. The number of aromatic nitrogens is 3. The highest BCUT2D eigenvalue weighted by atomic mass is 16.2. The van der Waals surface area contributed by atoms with Crippen molar-refractivity contribution in [2.75, 3.05) is 57.8 Å². The Morgan fingerprint density at radius 3 is 2.31 bits per heavy atom. The van der Waals surface area contributed by atoms with E-state index in [4.69, 9.17) is 4.98 Å². The number of carbonyl (C=O) groups is 2. The van der Waals surface area contributed by atoms with Crippen molar-refractivity contribution >= 4 is 23.3 Å². The zero-order chi connectivity index (χ0) is 22.2. The maximum atomic E-state index is 13.1. The van der Waals surface area contributed by atoms with Crippen molar-refractivity contribution in [3.05, 3.63) is 23.5 Å². The molecular weight excluding hydrogens is 406 g/mol. The first-order valence-corrected chi connectivity index (χ1v) is 11.9. The van der Waals surface area contributed by atoms with E-state index in [1.807, 2.05) is 27.4 Å². The Labute approximate surface area is 188 Å². The molecule has 9 nitrogen and oxygen atoms in total. The van der Waals surface area contributed by atoms with Crippen molar-refractivity contribution < 1.29 is 9.59 Å². The van der Waals surface area contributed by atoms with Gasteiger partial charge in [-0.05, 0) is 39.3 Å². The summed E-state index contributed by atoms with van der Waals surface area (Å²) < 4.78 is 1.92. The van der Waals surface area contributed by atoms with Crippen molar-refractivity contribution in [3.8, 4) is 0 Å². The number of hydrogen-bond donors (Lipinski definition) is 1. The third-order valence-electron chi connectivity index (χ3n) is 7.01. The number of piperazine rings is 1. The SMILES string of the molecule is CCc1nc2ccnn2c(N2CC(C(=O)N3CCN(C(=O)C4CC4)CC3)C2)c1CCNC. The summed E-state index contributed by atoms with van der Waals surface area (Å²) >= 11 is 0. The van der Waals surface area contributed by atoms with Crippen LogP contribution < -0.4 is 10.2 Å². The minimum absolute atomic E-state index is 0.00156. The minimum Gasteiger partial charge on any atom is -0.354 e. The number of rotatable bonds is 7. The van der Waals surface area contributed by atoms with Gasteiger partial charge in [0.05, 0.1) is 12.1 Å². The number of fused-ring (bicyclic) bond motifs is 1. The van der Waals surface area contributed by atoms with Gasteiger partial charge in [0.1, 0.15) is 5.82 Å². The van der Waals surface area contributed by atoms with E-state index in [9.17, 15) is 9.59 Å². The Bertz CT molecular complexity index is 1000. The zero-order valence-corrected chi connectivity index (χ0v) is 19.1. The highest BCUT2D eigenvalue weighted by Crippen LogP contribution is 2.33. The first-order chi connectivity index (χ1) is 15.6. The van der Waals surface area contributed by atoms with Crippen molar-refractivity contribution in [1.82, 2.24) is 29.7 Å². The summed E-state index contributed by atoms with van der Waals surface area (Å²) in [6, 6.07) is 1.94. The molecule has 2 saturated heterocycles. The Morgan fingerprint density at radius 2 is 1.72 bits per heavy atom. The van der Waals surface area contributed by atoms with E-state index in [1.54, 1.807) is 6.20 Å². The van der Waals surface area contributed by atoms with Crippen LogP contribution in [0.3, 0.4) is 0 Å². The van der Waals surface area contributed by atoms with E-state index >= 15 is 0 Å². The molecule has 3 fully saturated rings. The standard InChI is InChI=1S/C23H33N7O2/c1-3-19-18(6-8-24-2)21(30-20(26-19)7-9-25-30)29-14-17(15-29)23(32)28-12-10-27(11-13-28)22(31)16-4-5-16/h7,9,16-17,24H,3-6,8,10-15H2,1-2H3. The van der Waals surface area contributed by atoms with Gasteiger partial charge in [-0.3, -0.25) is 9.59 Å². The molecule has 2 aliphatic heterocycles. The van der Waals surface area contributed by atoms with Gasteiger partial charge in [-0.2, -0.15) is 9.61 Å². The van der Waals surface area contributed by atoms with E-state index in [2.05, 4.69) is 22.2 Å². The van der Waals surface area contributed by atoms with Gasteiger partial charge in [0.2, 0.25) is 11.8 Å². The smallest absolute Gasteiger partial charge is 0.229 e. The number of carbonyl (C=O) groups excluding carboxylic acids is 2. The number of hydrogen-bond acceptors (Lipinski definition) is 6. The van der Waals surface area contributed by atoms with Gasteiger partial charge < -0.3 is 20.0 Å². The summed E-state index contributed by atoms with van der Waals surface area (Å²) in [6.07, 6.45) is 5.60. The van der Waals surface area contributed by atoms with Gasteiger partial charge >= 0.3 is 0 Å². The van der Waals surface area contributed by atoms with Crippen molar-refractivity contribution in [2.24, 2.45) is 11.8 Å². The van der Waals surface area contributed by atoms with E-state index in [-0.39, 0.29) is 23.7 Å². The van der Waals surface area contributed by atoms with Crippen LogP contribution in [0.2, 0.25) is 0 Å². The van der Waals surface area contributed by atoms with E-state index < -0.39 is 0 Å². The van der Waals surface area contributed by atoms with Gasteiger partial charge in [0, 0.05) is 62.5 Å². The van der Waals surface area contributed by atoms with Crippen LogP contribution in [0.1, 0.15) is 31.0 Å². The highest BCUT2D eigenvalue weighted by molar-refractivity contribution is 5.84. The molecule has 9 heteroatoms. The number of nitrogens with one attached hydrogen (secondary N) is 1. The average Bonchev–Trinajstić information content (AvgIpc) is 3.53. The second kappa shape index (κ2) is 8.69. The van der Waals surface area contributed by atoms with Crippen LogP contribution in [0, 0.1) is 11.8 Å². The summed E-state index contributed by atoms with van der Waals surface area (Å²) in [4.78, 5) is 36.4. The van der Waals surface area contributed by atoms with Crippen LogP contribution in [0.5, 0.6) is 0 Å². The van der Waals surface area contributed by atoms with Crippen molar-refractivity contribution in [3.63, 3.8) is 0 Å². The molecule has 0 atom stereocenters. The molecule has 0 bridgehead atoms. The molecule has 2 aromatic heterocycles. The number of likely N-dealkylation sites (N-methyl/N-ethyl adjacent to an activating group) is 1. The second-order valence-corrected chi connectivity index (χ2v) is 9.20. The Morgan fingerprint density at radius 1 is 1.06 bits per heavy atom. The molecule has 1 N–H and O–H groups in total. The third kappa shape index (κ3) is 3.83. The van der Waals surface area contributed by atoms with E-state index in [0.29, 0.717) is 39.3 Å². The van der Waals surface area contributed by atoms with Crippen LogP contribution in [0.4, 0.5) is 5.82 Å². The Kier molecular flexibility index (Phi) is 5.75. The minimum atomic E-state index is 0.00156. The first-order valence-electron chi connectivity index (χ1n) is 11.9. The first kappa shape index (κ1) is 21.2. The number of nitrogens with zero attached hydrogens (tertiary/aromatic N) is 6. The molecule has 0 unspecified atom stereocenters. The van der Waals surface area contributed by atoms with Crippen LogP contribution in [0.25, 0.3) is 5.65 Å². The number of aryl methyl sites for hydroxylation is 1. The molecular formula is C23H33N7O2. The molecule has 2 amide bonds. The van der Waals surface area contributed by atoms with Gasteiger partial charge in [-0.1, -0.05) is 6.92 Å². The normalized spacial score (nSPS) is 19.5.